The number of nitrogens with zero attached hydrogens (tertiary/aromatic N) is 3. The summed E-state index contributed by atoms with van der Waals surface area (Å²) in [6, 6.07) is 0. The number of nitrogens with one attached hydrogen (secondary N) is 1. The fourth-order valence-corrected chi connectivity index (χ4v) is 1.17. The van der Waals surface area contributed by atoms with Gasteiger partial charge in [0.2, 0.25) is 5.91 Å². The number of carbonyl (C=O) groups is 2. The number of anilines is 1. The fourth-order valence-electron chi connectivity index (χ4n) is 1.17. The first-order chi connectivity index (χ1) is 8.65. The molecule has 0 radical (unpaired) electrons. The molecule has 1 amide bonds. The average molecular weight is 256 g/mol. The van der Waals surface area contributed by atoms with Crippen LogP contribution < -0.4 is 5.32 Å². The van der Waals surface area contributed by atoms with Gasteiger partial charge in [0.15, 0.2) is 5.82 Å². The van der Waals surface area contributed by atoms with Crippen LogP contribution in [0.15, 0.2) is 6.20 Å². The Bertz CT molecular complexity index is 404. The first kappa shape index (κ1) is 14.1. The second-order valence-electron chi connectivity index (χ2n) is 3.40. The van der Waals surface area contributed by atoms with Crippen LogP contribution in [-0.4, -0.2) is 47.2 Å². The lowest BCUT2D eigenvalue weighted by atomic mass is 10.4. The Morgan fingerprint density at radius 1 is 1.50 bits per heavy atom. The van der Waals surface area contributed by atoms with E-state index in [2.05, 4.69) is 15.6 Å². The molecule has 1 rings (SSSR count). The summed E-state index contributed by atoms with van der Waals surface area (Å²) in [7, 11) is 1.52. The van der Waals surface area contributed by atoms with Crippen LogP contribution in [0.1, 0.15) is 13.3 Å². The number of carbonyl (C=O) groups excluding carboxylic acids is 2. The van der Waals surface area contributed by atoms with Gasteiger partial charge in [-0.3, -0.25) is 9.59 Å². The third kappa shape index (κ3) is 4.91. The molecule has 0 aromatic carbocycles. The maximum absolute atomic E-state index is 11.3. The van der Waals surface area contributed by atoms with Crippen molar-refractivity contribution in [3.63, 3.8) is 0 Å². The van der Waals surface area contributed by atoms with Crippen molar-refractivity contribution in [2.24, 2.45) is 0 Å². The number of ether oxygens (including phenoxy) is 2. The molecule has 0 aliphatic heterocycles. The van der Waals surface area contributed by atoms with Gasteiger partial charge in [-0.2, -0.15) is 0 Å². The molecule has 8 nitrogen and oxygen atoms in total. The second-order valence-corrected chi connectivity index (χ2v) is 3.40. The van der Waals surface area contributed by atoms with Gasteiger partial charge in [0.1, 0.15) is 6.54 Å². The molecule has 1 N–H and O–H groups in total. The Balaban J connectivity index is 2.43. The van der Waals surface area contributed by atoms with Gasteiger partial charge < -0.3 is 14.8 Å². The van der Waals surface area contributed by atoms with Crippen LogP contribution in [0.2, 0.25) is 0 Å². The highest BCUT2D eigenvalue weighted by Crippen LogP contribution is 2.01. The van der Waals surface area contributed by atoms with E-state index in [4.69, 9.17) is 9.47 Å². The minimum atomic E-state index is -0.403. The van der Waals surface area contributed by atoms with E-state index in [1.54, 1.807) is 6.92 Å². The Labute approximate surface area is 104 Å². The lowest BCUT2D eigenvalue weighted by Gasteiger charge is -2.00. The highest BCUT2D eigenvalue weighted by atomic mass is 16.5. The van der Waals surface area contributed by atoms with Gasteiger partial charge in [0.05, 0.1) is 25.8 Å². The molecule has 0 saturated heterocycles. The maximum Gasteiger partial charge on any atom is 0.327 e. The summed E-state index contributed by atoms with van der Waals surface area (Å²) in [5.41, 5.74) is 0. The minimum absolute atomic E-state index is 0.0330. The van der Waals surface area contributed by atoms with E-state index >= 15 is 0 Å². The molecule has 0 atom stereocenters. The smallest absolute Gasteiger partial charge is 0.327 e. The van der Waals surface area contributed by atoms with E-state index in [1.165, 1.54) is 18.0 Å². The average Bonchev–Trinajstić information content (AvgIpc) is 2.74. The van der Waals surface area contributed by atoms with E-state index in [9.17, 15) is 9.59 Å². The van der Waals surface area contributed by atoms with Gasteiger partial charge in [0, 0.05) is 7.11 Å². The van der Waals surface area contributed by atoms with Gasteiger partial charge >= 0.3 is 5.97 Å². The highest BCUT2D eigenvalue weighted by molar-refractivity contribution is 5.89. The molecule has 0 aliphatic carbocycles. The zero-order valence-corrected chi connectivity index (χ0v) is 10.4. The van der Waals surface area contributed by atoms with Gasteiger partial charge in [-0.25, -0.2) is 4.68 Å². The zero-order chi connectivity index (χ0) is 13.4. The van der Waals surface area contributed by atoms with Gasteiger partial charge in [-0.15, -0.1) is 5.10 Å². The molecule has 100 valence electrons. The zero-order valence-electron chi connectivity index (χ0n) is 10.4. The topological polar surface area (TPSA) is 95.3 Å². The van der Waals surface area contributed by atoms with Crippen molar-refractivity contribution in [2.45, 2.75) is 19.9 Å². The molecule has 1 aromatic rings. The third-order valence-electron chi connectivity index (χ3n) is 1.94. The fraction of sp³-hybridized carbons (Fsp3) is 0.600. The lowest BCUT2D eigenvalue weighted by molar-refractivity contribution is -0.144. The maximum atomic E-state index is 11.3. The first-order valence-electron chi connectivity index (χ1n) is 5.50. The summed E-state index contributed by atoms with van der Waals surface area (Å²) in [5, 5.41) is 9.94. The van der Waals surface area contributed by atoms with Crippen LogP contribution in [0.25, 0.3) is 0 Å². The molecule has 0 bridgehead atoms. The molecule has 8 heteroatoms. The predicted molar refractivity (Wildman–Crippen MR) is 61.8 cm³/mol. The first-order valence-corrected chi connectivity index (χ1v) is 5.50. The molecular weight excluding hydrogens is 240 g/mol. The van der Waals surface area contributed by atoms with Crippen LogP contribution in [-0.2, 0) is 25.6 Å². The molecule has 18 heavy (non-hydrogen) atoms. The van der Waals surface area contributed by atoms with Gasteiger partial charge in [0.25, 0.3) is 0 Å². The SMILES string of the molecule is CCOC(=O)Cn1cc(NC(=O)CCOC)nn1. The summed E-state index contributed by atoms with van der Waals surface area (Å²) >= 11 is 0. The Morgan fingerprint density at radius 3 is 2.94 bits per heavy atom. The molecule has 0 spiro atoms. The third-order valence-corrected chi connectivity index (χ3v) is 1.94. The second kappa shape index (κ2) is 7.38. The molecular formula is C10H16N4O4. The van der Waals surface area contributed by atoms with E-state index in [0.29, 0.717) is 19.0 Å². The van der Waals surface area contributed by atoms with Gasteiger partial charge in [-0.05, 0) is 6.92 Å². The molecule has 1 aromatic heterocycles. The molecule has 0 unspecified atom stereocenters. The molecule has 0 aliphatic rings. The van der Waals surface area contributed by atoms with Crippen LogP contribution >= 0.6 is 0 Å². The molecule has 0 saturated carbocycles. The van der Waals surface area contributed by atoms with Crippen molar-refractivity contribution in [2.75, 3.05) is 25.6 Å². The summed E-state index contributed by atoms with van der Waals surface area (Å²) in [6.07, 6.45) is 1.70. The Kier molecular flexibility index (Phi) is 5.78. The van der Waals surface area contributed by atoms with Crippen molar-refractivity contribution in [3.8, 4) is 0 Å². The van der Waals surface area contributed by atoms with Crippen molar-refractivity contribution in [1.82, 2.24) is 15.0 Å². The lowest BCUT2D eigenvalue weighted by Crippen LogP contribution is -2.14. The number of amides is 1. The normalized spacial score (nSPS) is 10.1. The standard InChI is InChI=1S/C10H16N4O4/c1-3-18-10(16)7-14-6-8(12-13-14)11-9(15)4-5-17-2/h6H,3-5,7H2,1-2H3,(H,11,15). The summed E-state index contributed by atoms with van der Waals surface area (Å²) in [4.78, 5) is 22.5. The summed E-state index contributed by atoms with van der Waals surface area (Å²) in [6.45, 7) is 2.34. The van der Waals surface area contributed by atoms with Crippen LogP contribution in [0, 0.1) is 0 Å². The molecule has 0 fully saturated rings. The summed E-state index contributed by atoms with van der Waals surface area (Å²) in [5.74, 6) is -0.333. The summed E-state index contributed by atoms with van der Waals surface area (Å²) < 4.78 is 10.8. The minimum Gasteiger partial charge on any atom is -0.465 e. The number of methoxy groups -OCH3 is 1. The number of aromatic nitrogens is 3. The van der Waals surface area contributed by atoms with E-state index in [0.717, 1.165) is 0 Å². The monoisotopic (exact) mass is 256 g/mol. The van der Waals surface area contributed by atoms with Crippen molar-refractivity contribution >= 4 is 17.7 Å². The van der Waals surface area contributed by atoms with Crippen LogP contribution in [0.5, 0.6) is 0 Å². The number of hydrogen-bond acceptors (Lipinski definition) is 6. The van der Waals surface area contributed by atoms with Crippen molar-refractivity contribution < 1.29 is 19.1 Å². The van der Waals surface area contributed by atoms with Crippen LogP contribution in [0.4, 0.5) is 5.82 Å². The largest absolute Gasteiger partial charge is 0.465 e. The number of hydrogen-bond donors (Lipinski definition) is 1. The van der Waals surface area contributed by atoms with Gasteiger partial charge in [-0.1, -0.05) is 5.21 Å². The van der Waals surface area contributed by atoms with E-state index in [-0.39, 0.29) is 18.9 Å². The van der Waals surface area contributed by atoms with Crippen molar-refractivity contribution in [3.05, 3.63) is 6.20 Å². The predicted octanol–water partition coefficient (Wildman–Crippen LogP) is -0.184. The quantitative estimate of drug-likeness (QED) is 0.680. The number of rotatable bonds is 7. The number of esters is 1. The Morgan fingerprint density at radius 2 is 2.28 bits per heavy atom. The Hall–Kier alpha value is -1.96. The van der Waals surface area contributed by atoms with Crippen molar-refractivity contribution in [1.29, 1.82) is 0 Å². The van der Waals surface area contributed by atoms with E-state index in [1.807, 2.05) is 0 Å². The molecule has 1 heterocycles. The highest BCUT2D eigenvalue weighted by Gasteiger charge is 2.08. The van der Waals surface area contributed by atoms with E-state index < -0.39 is 5.97 Å². The van der Waals surface area contributed by atoms with Crippen LogP contribution in [0.3, 0.4) is 0 Å².